The first-order valence-corrected chi connectivity index (χ1v) is 5.73. The Balaban J connectivity index is 2.33. The first-order valence-electron chi connectivity index (χ1n) is 5.73. The van der Waals surface area contributed by atoms with E-state index in [1.165, 1.54) is 7.11 Å². The average molecular weight is 232 g/mol. The molecule has 0 aromatic heterocycles. The predicted octanol–water partition coefficient (Wildman–Crippen LogP) is 1.81. The molecule has 1 aliphatic rings. The standard InChI is InChI=1S/C14H16O3/c1-17-14-11(12(15)7-8-13(14)16)9-10-5-3-2-4-6-10/h2-6,9,13-14,16H,7-8H2,1H3. The van der Waals surface area contributed by atoms with Gasteiger partial charge in [0.2, 0.25) is 0 Å². The Bertz CT molecular complexity index is 422. The Kier molecular flexibility index (Phi) is 3.71. The third kappa shape index (κ3) is 2.62. The van der Waals surface area contributed by atoms with Gasteiger partial charge in [0.15, 0.2) is 5.78 Å². The zero-order valence-corrected chi connectivity index (χ0v) is 9.80. The molecule has 0 spiro atoms. The average Bonchev–Trinajstić information content (AvgIpc) is 2.35. The van der Waals surface area contributed by atoms with Crippen molar-refractivity contribution in [2.45, 2.75) is 25.0 Å². The zero-order chi connectivity index (χ0) is 12.3. The largest absolute Gasteiger partial charge is 0.390 e. The minimum atomic E-state index is -0.590. The molecule has 1 N–H and O–H groups in total. The van der Waals surface area contributed by atoms with Crippen LogP contribution in [0.1, 0.15) is 18.4 Å². The Morgan fingerprint density at radius 2 is 2.06 bits per heavy atom. The number of carbonyl (C=O) groups excluding carboxylic acids is 1. The number of hydrogen-bond donors (Lipinski definition) is 1. The van der Waals surface area contributed by atoms with Crippen LogP contribution in [0.25, 0.3) is 6.08 Å². The van der Waals surface area contributed by atoms with Gasteiger partial charge < -0.3 is 9.84 Å². The number of aliphatic hydroxyl groups is 1. The van der Waals surface area contributed by atoms with Crippen LogP contribution in [0.5, 0.6) is 0 Å². The van der Waals surface area contributed by atoms with Crippen molar-refractivity contribution in [1.29, 1.82) is 0 Å². The molecule has 3 nitrogen and oxygen atoms in total. The zero-order valence-electron chi connectivity index (χ0n) is 9.80. The van der Waals surface area contributed by atoms with E-state index in [2.05, 4.69) is 0 Å². The summed E-state index contributed by atoms with van der Waals surface area (Å²) in [6.07, 6.45) is 1.58. The fraction of sp³-hybridized carbons (Fsp3) is 0.357. The minimum absolute atomic E-state index is 0.0611. The molecule has 17 heavy (non-hydrogen) atoms. The van der Waals surface area contributed by atoms with E-state index in [1.54, 1.807) is 6.08 Å². The van der Waals surface area contributed by atoms with Crippen molar-refractivity contribution in [3.8, 4) is 0 Å². The van der Waals surface area contributed by atoms with Gasteiger partial charge in [0.1, 0.15) is 6.10 Å². The highest BCUT2D eigenvalue weighted by molar-refractivity contribution is 6.01. The lowest BCUT2D eigenvalue weighted by Crippen LogP contribution is -2.37. The number of hydrogen-bond acceptors (Lipinski definition) is 3. The maximum Gasteiger partial charge on any atom is 0.161 e. The van der Waals surface area contributed by atoms with E-state index in [-0.39, 0.29) is 5.78 Å². The van der Waals surface area contributed by atoms with Gasteiger partial charge in [0.05, 0.1) is 6.10 Å². The Morgan fingerprint density at radius 1 is 1.35 bits per heavy atom. The van der Waals surface area contributed by atoms with E-state index in [9.17, 15) is 9.90 Å². The van der Waals surface area contributed by atoms with Crippen molar-refractivity contribution in [1.82, 2.24) is 0 Å². The van der Waals surface area contributed by atoms with Gasteiger partial charge in [-0.2, -0.15) is 0 Å². The second-order valence-corrected chi connectivity index (χ2v) is 4.20. The van der Waals surface area contributed by atoms with Gasteiger partial charge in [-0.1, -0.05) is 30.3 Å². The molecule has 2 rings (SSSR count). The summed E-state index contributed by atoms with van der Waals surface area (Å²) in [5, 5.41) is 9.82. The highest BCUT2D eigenvalue weighted by atomic mass is 16.5. The van der Waals surface area contributed by atoms with Crippen LogP contribution in [0, 0.1) is 0 Å². The molecular formula is C14H16O3. The van der Waals surface area contributed by atoms with E-state index >= 15 is 0 Å². The number of ether oxygens (including phenoxy) is 1. The monoisotopic (exact) mass is 232 g/mol. The molecule has 0 heterocycles. The minimum Gasteiger partial charge on any atom is -0.390 e. The topological polar surface area (TPSA) is 46.5 Å². The summed E-state index contributed by atoms with van der Waals surface area (Å²) in [7, 11) is 1.52. The maximum absolute atomic E-state index is 11.9. The summed E-state index contributed by atoms with van der Waals surface area (Å²) in [5.74, 6) is 0.0611. The summed E-state index contributed by atoms with van der Waals surface area (Å²) in [6.45, 7) is 0. The normalized spacial score (nSPS) is 27.4. The van der Waals surface area contributed by atoms with Crippen LogP contribution in [-0.4, -0.2) is 30.2 Å². The number of carbonyl (C=O) groups is 1. The first kappa shape index (κ1) is 12.0. The number of ketones is 1. The first-order chi connectivity index (χ1) is 8.22. The number of rotatable bonds is 2. The molecule has 1 fully saturated rings. The van der Waals surface area contributed by atoms with Crippen molar-refractivity contribution in [3.05, 3.63) is 41.5 Å². The van der Waals surface area contributed by atoms with Crippen molar-refractivity contribution < 1.29 is 14.6 Å². The number of methoxy groups -OCH3 is 1. The summed E-state index contributed by atoms with van der Waals surface area (Å²) >= 11 is 0. The summed E-state index contributed by atoms with van der Waals surface area (Å²) < 4.78 is 5.22. The summed E-state index contributed by atoms with van der Waals surface area (Å²) in [6, 6.07) is 9.60. The van der Waals surface area contributed by atoms with Crippen molar-refractivity contribution in [3.63, 3.8) is 0 Å². The van der Waals surface area contributed by atoms with Crippen molar-refractivity contribution >= 4 is 11.9 Å². The quantitative estimate of drug-likeness (QED) is 0.791. The molecule has 0 saturated heterocycles. The van der Waals surface area contributed by atoms with Crippen LogP contribution in [-0.2, 0) is 9.53 Å². The second-order valence-electron chi connectivity index (χ2n) is 4.20. The van der Waals surface area contributed by atoms with E-state index in [4.69, 9.17) is 4.74 Å². The van der Waals surface area contributed by atoms with Crippen LogP contribution < -0.4 is 0 Å². The van der Waals surface area contributed by atoms with Gasteiger partial charge in [-0.25, -0.2) is 0 Å². The number of Topliss-reactive ketones (excluding diaryl/α,β-unsaturated/α-hetero) is 1. The van der Waals surface area contributed by atoms with Gasteiger partial charge in [0, 0.05) is 19.1 Å². The molecular weight excluding hydrogens is 216 g/mol. The highest BCUT2D eigenvalue weighted by Gasteiger charge is 2.32. The second kappa shape index (κ2) is 5.25. The summed E-state index contributed by atoms with van der Waals surface area (Å²) in [5.41, 5.74) is 1.52. The Morgan fingerprint density at radius 3 is 2.71 bits per heavy atom. The molecule has 2 unspecified atom stereocenters. The van der Waals surface area contributed by atoms with E-state index < -0.39 is 12.2 Å². The van der Waals surface area contributed by atoms with Crippen LogP contribution >= 0.6 is 0 Å². The summed E-state index contributed by atoms with van der Waals surface area (Å²) in [4.78, 5) is 11.9. The fourth-order valence-electron chi connectivity index (χ4n) is 2.12. The predicted molar refractivity (Wildman–Crippen MR) is 65.5 cm³/mol. The lowest BCUT2D eigenvalue weighted by molar-refractivity contribution is -0.121. The van der Waals surface area contributed by atoms with Crippen molar-refractivity contribution in [2.75, 3.05) is 7.11 Å². The molecule has 2 atom stereocenters. The molecule has 1 aliphatic carbocycles. The molecule has 3 heteroatoms. The highest BCUT2D eigenvalue weighted by Crippen LogP contribution is 2.25. The van der Waals surface area contributed by atoms with E-state index in [0.29, 0.717) is 18.4 Å². The molecule has 1 saturated carbocycles. The van der Waals surface area contributed by atoms with Gasteiger partial charge in [-0.05, 0) is 18.1 Å². The number of aliphatic hydroxyl groups excluding tert-OH is 1. The van der Waals surface area contributed by atoms with E-state index in [0.717, 1.165) is 5.56 Å². The van der Waals surface area contributed by atoms with Crippen LogP contribution in [0.4, 0.5) is 0 Å². The lowest BCUT2D eigenvalue weighted by Gasteiger charge is -2.28. The number of benzene rings is 1. The Labute approximate surface area is 101 Å². The third-order valence-electron chi connectivity index (χ3n) is 3.02. The maximum atomic E-state index is 11.9. The van der Waals surface area contributed by atoms with Crippen LogP contribution in [0.15, 0.2) is 35.9 Å². The third-order valence-corrected chi connectivity index (χ3v) is 3.02. The van der Waals surface area contributed by atoms with E-state index in [1.807, 2.05) is 30.3 Å². The SMILES string of the molecule is COC1C(=Cc2ccccc2)C(=O)CCC1O. The van der Waals surface area contributed by atoms with Crippen molar-refractivity contribution in [2.24, 2.45) is 0 Å². The molecule has 90 valence electrons. The van der Waals surface area contributed by atoms with Gasteiger partial charge >= 0.3 is 0 Å². The fourth-order valence-corrected chi connectivity index (χ4v) is 2.12. The molecule has 0 bridgehead atoms. The van der Waals surface area contributed by atoms with Gasteiger partial charge in [-0.15, -0.1) is 0 Å². The molecule has 0 aliphatic heterocycles. The lowest BCUT2D eigenvalue weighted by atomic mass is 9.87. The van der Waals surface area contributed by atoms with Gasteiger partial charge in [-0.3, -0.25) is 4.79 Å². The van der Waals surface area contributed by atoms with Crippen LogP contribution in [0.3, 0.4) is 0 Å². The Hall–Kier alpha value is -1.45. The molecule has 0 amide bonds. The molecule has 0 radical (unpaired) electrons. The van der Waals surface area contributed by atoms with Gasteiger partial charge in [0.25, 0.3) is 0 Å². The van der Waals surface area contributed by atoms with Crippen LogP contribution in [0.2, 0.25) is 0 Å². The molecule has 1 aromatic carbocycles. The smallest absolute Gasteiger partial charge is 0.161 e. The molecule has 1 aromatic rings.